The standard InChI is InChI=1S/C19H19N3O4S/c1-3-9-22-17(23)8-6-14(21-22)18(24)20-13-5-7-15-12(10-13)11-16(27-15)19(25)26-4-2/h5-8,10-11H,3-4,9H2,1-2H3,(H,20,24). The molecule has 0 saturated heterocycles. The Morgan fingerprint density at radius 3 is 2.74 bits per heavy atom. The van der Waals surface area contributed by atoms with Crippen molar-refractivity contribution in [1.29, 1.82) is 0 Å². The number of hydrogen-bond acceptors (Lipinski definition) is 6. The van der Waals surface area contributed by atoms with Crippen molar-refractivity contribution >= 4 is 39.0 Å². The van der Waals surface area contributed by atoms with Gasteiger partial charge >= 0.3 is 5.97 Å². The van der Waals surface area contributed by atoms with Crippen molar-refractivity contribution in [2.45, 2.75) is 26.8 Å². The third kappa shape index (κ3) is 4.22. The Morgan fingerprint density at radius 1 is 1.19 bits per heavy atom. The number of nitrogens with one attached hydrogen (secondary N) is 1. The minimum absolute atomic E-state index is 0.167. The van der Waals surface area contributed by atoms with Gasteiger partial charge in [-0.1, -0.05) is 6.92 Å². The lowest BCUT2D eigenvalue weighted by Gasteiger charge is -2.07. The van der Waals surface area contributed by atoms with Crippen LogP contribution >= 0.6 is 11.3 Å². The minimum Gasteiger partial charge on any atom is -0.462 e. The lowest BCUT2D eigenvalue weighted by molar-refractivity contribution is 0.0532. The van der Waals surface area contributed by atoms with Crippen LogP contribution in [0.4, 0.5) is 5.69 Å². The lowest BCUT2D eigenvalue weighted by Crippen LogP contribution is -2.26. The smallest absolute Gasteiger partial charge is 0.348 e. The van der Waals surface area contributed by atoms with Gasteiger partial charge in [-0.05, 0) is 49.1 Å². The lowest BCUT2D eigenvalue weighted by atomic mass is 10.2. The van der Waals surface area contributed by atoms with Crippen LogP contribution in [0.3, 0.4) is 0 Å². The number of thiophene rings is 1. The van der Waals surface area contributed by atoms with E-state index in [1.54, 1.807) is 25.1 Å². The summed E-state index contributed by atoms with van der Waals surface area (Å²) < 4.78 is 7.22. The number of esters is 1. The molecule has 0 aliphatic rings. The van der Waals surface area contributed by atoms with E-state index in [1.807, 2.05) is 13.0 Å². The van der Waals surface area contributed by atoms with Crippen LogP contribution < -0.4 is 10.9 Å². The van der Waals surface area contributed by atoms with Crippen molar-refractivity contribution in [3.63, 3.8) is 0 Å². The van der Waals surface area contributed by atoms with E-state index in [1.165, 1.54) is 28.2 Å². The third-order valence-corrected chi connectivity index (χ3v) is 4.88. The predicted molar refractivity (Wildman–Crippen MR) is 105 cm³/mol. The highest BCUT2D eigenvalue weighted by Crippen LogP contribution is 2.28. The van der Waals surface area contributed by atoms with E-state index in [-0.39, 0.29) is 17.2 Å². The summed E-state index contributed by atoms with van der Waals surface area (Å²) in [6.07, 6.45) is 0.746. The monoisotopic (exact) mass is 385 g/mol. The molecule has 1 N–H and O–H groups in total. The van der Waals surface area contributed by atoms with Gasteiger partial charge in [-0.2, -0.15) is 5.10 Å². The van der Waals surface area contributed by atoms with Crippen LogP contribution in [0.2, 0.25) is 0 Å². The summed E-state index contributed by atoms with van der Waals surface area (Å²) in [5.74, 6) is -0.758. The molecule has 0 aliphatic carbocycles. The molecule has 3 rings (SSSR count). The van der Waals surface area contributed by atoms with Gasteiger partial charge in [0.25, 0.3) is 11.5 Å². The van der Waals surface area contributed by atoms with Crippen LogP contribution in [0.1, 0.15) is 40.4 Å². The van der Waals surface area contributed by atoms with Gasteiger partial charge < -0.3 is 10.1 Å². The van der Waals surface area contributed by atoms with E-state index in [4.69, 9.17) is 4.74 Å². The molecule has 0 aliphatic heterocycles. The number of rotatable bonds is 6. The average molecular weight is 385 g/mol. The third-order valence-electron chi connectivity index (χ3n) is 3.79. The van der Waals surface area contributed by atoms with E-state index in [9.17, 15) is 14.4 Å². The second kappa shape index (κ2) is 8.13. The average Bonchev–Trinajstić information content (AvgIpc) is 3.07. The number of aromatic nitrogens is 2. The highest BCUT2D eigenvalue weighted by atomic mass is 32.1. The number of amides is 1. The number of ether oxygens (including phenoxy) is 1. The normalized spacial score (nSPS) is 10.7. The van der Waals surface area contributed by atoms with Gasteiger partial charge in [-0.15, -0.1) is 11.3 Å². The number of fused-ring (bicyclic) bond motifs is 1. The number of carbonyl (C=O) groups excluding carboxylic acids is 2. The summed E-state index contributed by atoms with van der Waals surface area (Å²) in [5.41, 5.74) is 0.510. The molecule has 0 fully saturated rings. The summed E-state index contributed by atoms with van der Waals surface area (Å²) >= 11 is 1.34. The fourth-order valence-corrected chi connectivity index (χ4v) is 3.50. The number of hydrogen-bond donors (Lipinski definition) is 1. The molecular formula is C19H19N3O4S. The Bertz CT molecular complexity index is 1050. The molecule has 2 heterocycles. The van der Waals surface area contributed by atoms with Crippen molar-refractivity contribution in [1.82, 2.24) is 9.78 Å². The molecule has 1 amide bonds. The number of carbonyl (C=O) groups is 2. The van der Waals surface area contributed by atoms with E-state index < -0.39 is 5.91 Å². The summed E-state index contributed by atoms with van der Waals surface area (Å²) in [5, 5.41) is 7.71. The largest absolute Gasteiger partial charge is 0.462 e. The van der Waals surface area contributed by atoms with Crippen molar-refractivity contribution in [3.8, 4) is 0 Å². The maximum atomic E-state index is 12.5. The molecule has 0 bridgehead atoms. The van der Waals surface area contributed by atoms with Gasteiger partial charge in [0.2, 0.25) is 0 Å². The van der Waals surface area contributed by atoms with Crippen molar-refractivity contribution < 1.29 is 14.3 Å². The Balaban J connectivity index is 1.81. The number of benzene rings is 1. The first-order valence-corrected chi connectivity index (χ1v) is 9.43. The van der Waals surface area contributed by atoms with E-state index in [2.05, 4.69) is 10.4 Å². The predicted octanol–water partition coefficient (Wildman–Crippen LogP) is 3.30. The van der Waals surface area contributed by atoms with E-state index in [0.717, 1.165) is 16.5 Å². The van der Waals surface area contributed by atoms with Crippen molar-refractivity contribution in [2.75, 3.05) is 11.9 Å². The number of anilines is 1. The molecule has 0 radical (unpaired) electrons. The maximum absolute atomic E-state index is 12.5. The van der Waals surface area contributed by atoms with Crippen LogP contribution in [0.25, 0.3) is 10.1 Å². The minimum atomic E-state index is -0.403. The SMILES string of the molecule is CCCn1nc(C(=O)Nc2ccc3sc(C(=O)OCC)cc3c2)ccc1=O. The Kier molecular flexibility index (Phi) is 5.66. The number of aryl methyl sites for hydroxylation is 1. The first-order valence-electron chi connectivity index (χ1n) is 8.62. The molecule has 0 unspecified atom stereocenters. The van der Waals surface area contributed by atoms with Gasteiger partial charge in [-0.25, -0.2) is 9.48 Å². The summed E-state index contributed by atoms with van der Waals surface area (Å²) in [4.78, 5) is 36.6. The first kappa shape index (κ1) is 18.8. The van der Waals surface area contributed by atoms with E-state index in [0.29, 0.717) is 23.7 Å². The molecule has 0 spiro atoms. The van der Waals surface area contributed by atoms with Crippen LogP contribution in [-0.4, -0.2) is 28.3 Å². The van der Waals surface area contributed by atoms with Gasteiger partial charge in [0.1, 0.15) is 10.6 Å². The summed E-state index contributed by atoms with van der Waals surface area (Å²) in [6, 6.07) is 9.87. The zero-order valence-electron chi connectivity index (χ0n) is 15.0. The number of nitrogens with zero attached hydrogens (tertiary/aromatic N) is 2. The van der Waals surface area contributed by atoms with Crippen LogP contribution in [0.15, 0.2) is 41.2 Å². The summed E-state index contributed by atoms with van der Waals surface area (Å²) in [6.45, 7) is 4.47. The Hall–Kier alpha value is -3.00. The van der Waals surface area contributed by atoms with Crippen molar-refractivity contribution in [3.05, 3.63) is 57.3 Å². The van der Waals surface area contributed by atoms with Gasteiger partial charge in [-0.3, -0.25) is 9.59 Å². The topological polar surface area (TPSA) is 90.3 Å². The highest BCUT2D eigenvalue weighted by molar-refractivity contribution is 7.20. The van der Waals surface area contributed by atoms with Crippen molar-refractivity contribution in [2.24, 2.45) is 0 Å². The molecule has 2 aromatic heterocycles. The second-order valence-electron chi connectivity index (χ2n) is 5.82. The maximum Gasteiger partial charge on any atom is 0.348 e. The Labute approximate surface area is 159 Å². The molecule has 7 nitrogen and oxygen atoms in total. The molecule has 3 aromatic rings. The fraction of sp³-hybridized carbons (Fsp3) is 0.263. The van der Waals surface area contributed by atoms with Gasteiger partial charge in [0, 0.05) is 23.0 Å². The van der Waals surface area contributed by atoms with Gasteiger partial charge in [0.05, 0.1) is 6.61 Å². The van der Waals surface area contributed by atoms with Gasteiger partial charge in [0.15, 0.2) is 0 Å². The van der Waals surface area contributed by atoms with Crippen LogP contribution in [-0.2, 0) is 11.3 Å². The second-order valence-corrected chi connectivity index (χ2v) is 6.90. The van der Waals surface area contributed by atoms with Crippen LogP contribution in [0, 0.1) is 0 Å². The van der Waals surface area contributed by atoms with E-state index >= 15 is 0 Å². The molecule has 0 saturated carbocycles. The molecule has 1 aromatic carbocycles. The summed E-state index contributed by atoms with van der Waals surface area (Å²) in [7, 11) is 0. The fourth-order valence-electron chi connectivity index (χ4n) is 2.56. The first-order chi connectivity index (χ1) is 13.0. The Morgan fingerprint density at radius 2 is 2.00 bits per heavy atom. The van der Waals surface area contributed by atoms with Crippen LogP contribution in [0.5, 0.6) is 0 Å². The quantitative estimate of drug-likeness (QED) is 0.658. The molecule has 8 heteroatoms. The highest BCUT2D eigenvalue weighted by Gasteiger charge is 2.13. The molecule has 0 atom stereocenters. The molecular weight excluding hydrogens is 366 g/mol. The molecule has 140 valence electrons. The molecule has 27 heavy (non-hydrogen) atoms. The zero-order valence-corrected chi connectivity index (χ0v) is 15.8. The zero-order chi connectivity index (χ0) is 19.4.